The average Bonchev–Trinajstić information content (AvgIpc) is 2.78. The summed E-state index contributed by atoms with van der Waals surface area (Å²) < 4.78 is 0. The van der Waals surface area contributed by atoms with Crippen molar-refractivity contribution in [3.63, 3.8) is 0 Å². The van der Waals surface area contributed by atoms with Crippen molar-refractivity contribution in [2.45, 2.75) is 31.5 Å². The van der Waals surface area contributed by atoms with Gasteiger partial charge in [0.15, 0.2) is 0 Å². The number of rotatable bonds is 4. The van der Waals surface area contributed by atoms with Crippen LogP contribution in [-0.2, 0) is 6.54 Å². The number of nitrogens with zero attached hydrogens (tertiary/aromatic N) is 1. The Morgan fingerprint density at radius 1 is 1.12 bits per heavy atom. The highest BCUT2D eigenvalue weighted by Gasteiger charge is 2.27. The summed E-state index contributed by atoms with van der Waals surface area (Å²) in [5.74, 6) is -0.106. The minimum Gasteiger partial charge on any atom is -0.508 e. The third-order valence-electron chi connectivity index (χ3n) is 4.59. The zero-order chi connectivity index (χ0) is 17.6. The molecule has 1 heterocycles. The van der Waals surface area contributed by atoms with Gasteiger partial charge in [0, 0.05) is 18.7 Å². The van der Waals surface area contributed by atoms with Crippen LogP contribution in [0.25, 0.3) is 0 Å². The molecule has 1 fully saturated rings. The monoisotopic (exact) mass is 340 g/mol. The van der Waals surface area contributed by atoms with Gasteiger partial charge in [0.05, 0.1) is 12.1 Å². The third kappa shape index (κ3) is 4.81. The molecule has 1 aliphatic rings. The lowest BCUT2D eigenvalue weighted by atomic mass is 10.1. The second kappa shape index (κ2) is 8.14. The van der Waals surface area contributed by atoms with E-state index in [2.05, 4.69) is 22.3 Å². The molecule has 2 aromatic rings. The summed E-state index contributed by atoms with van der Waals surface area (Å²) in [7, 11) is 0. The molecule has 0 aromatic heterocycles. The maximum Gasteiger partial charge on any atom is 0.251 e. The van der Waals surface area contributed by atoms with Crippen molar-refractivity contribution in [1.29, 1.82) is 0 Å². The smallest absolute Gasteiger partial charge is 0.251 e. The first-order valence-electron chi connectivity index (χ1n) is 8.66. The van der Waals surface area contributed by atoms with Crippen molar-refractivity contribution in [2.75, 3.05) is 13.1 Å². The molecule has 3 rings (SSSR count). The molecule has 2 aromatic carbocycles. The number of aliphatic hydroxyl groups is 1. The van der Waals surface area contributed by atoms with Crippen LogP contribution < -0.4 is 5.32 Å². The number of likely N-dealkylation sites (tertiary alicyclic amines) is 1. The van der Waals surface area contributed by atoms with E-state index in [0.717, 1.165) is 19.5 Å². The quantitative estimate of drug-likeness (QED) is 0.797. The first kappa shape index (κ1) is 17.5. The Bertz CT molecular complexity index is 688. The van der Waals surface area contributed by atoms with Crippen LogP contribution in [0.3, 0.4) is 0 Å². The van der Waals surface area contributed by atoms with Crippen LogP contribution in [0.15, 0.2) is 54.6 Å². The lowest BCUT2D eigenvalue weighted by Crippen LogP contribution is -2.48. The van der Waals surface area contributed by atoms with Gasteiger partial charge in [0.25, 0.3) is 5.91 Å². The number of benzene rings is 2. The van der Waals surface area contributed by atoms with Gasteiger partial charge in [0.1, 0.15) is 5.75 Å². The van der Waals surface area contributed by atoms with E-state index in [4.69, 9.17) is 0 Å². The number of amides is 1. The molecule has 2 atom stereocenters. The molecular weight excluding hydrogens is 316 g/mol. The number of hydrogen-bond acceptors (Lipinski definition) is 4. The van der Waals surface area contributed by atoms with Gasteiger partial charge in [-0.2, -0.15) is 0 Å². The maximum absolute atomic E-state index is 12.4. The molecule has 132 valence electrons. The first-order valence-corrected chi connectivity index (χ1v) is 8.66. The average molecular weight is 340 g/mol. The van der Waals surface area contributed by atoms with E-state index in [0.29, 0.717) is 18.5 Å². The van der Waals surface area contributed by atoms with Gasteiger partial charge < -0.3 is 15.5 Å². The molecule has 0 spiro atoms. The normalized spacial score (nSPS) is 21.5. The highest BCUT2D eigenvalue weighted by molar-refractivity contribution is 5.94. The SMILES string of the molecule is O=C(N[C@@H]1CN(Cc2ccccc2)CCC[C@H]1O)c1ccc(O)cc1. The van der Waals surface area contributed by atoms with Crippen molar-refractivity contribution in [1.82, 2.24) is 10.2 Å². The molecule has 5 nitrogen and oxygen atoms in total. The highest BCUT2D eigenvalue weighted by atomic mass is 16.3. The van der Waals surface area contributed by atoms with Gasteiger partial charge in [-0.15, -0.1) is 0 Å². The molecule has 0 bridgehead atoms. The van der Waals surface area contributed by atoms with E-state index in [1.165, 1.54) is 17.7 Å². The zero-order valence-electron chi connectivity index (χ0n) is 14.1. The van der Waals surface area contributed by atoms with Crippen LogP contribution >= 0.6 is 0 Å². The topological polar surface area (TPSA) is 72.8 Å². The summed E-state index contributed by atoms with van der Waals surface area (Å²) in [4.78, 5) is 14.7. The first-order chi connectivity index (χ1) is 12.1. The second-order valence-corrected chi connectivity index (χ2v) is 6.56. The minimum absolute atomic E-state index is 0.125. The summed E-state index contributed by atoms with van der Waals surface area (Å²) >= 11 is 0. The summed E-state index contributed by atoms with van der Waals surface area (Å²) in [5, 5.41) is 22.7. The van der Waals surface area contributed by atoms with E-state index in [9.17, 15) is 15.0 Å². The number of phenolic OH excluding ortho intramolecular Hbond substituents is 1. The zero-order valence-corrected chi connectivity index (χ0v) is 14.1. The predicted molar refractivity (Wildman–Crippen MR) is 96.3 cm³/mol. The van der Waals surface area contributed by atoms with Gasteiger partial charge in [-0.1, -0.05) is 30.3 Å². The van der Waals surface area contributed by atoms with Crippen LogP contribution in [0.4, 0.5) is 0 Å². The molecule has 0 saturated carbocycles. The van der Waals surface area contributed by atoms with Crippen LogP contribution in [0.1, 0.15) is 28.8 Å². The number of hydrogen-bond donors (Lipinski definition) is 3. The lowest BCUT2D eigenvalue weighted by molar-refractivity contribution is 0.0798. The molecule has 1 saturated heterocycles. The Kier molecular flexibility index (Phi) is 5.68. The summed E-state index contributed by atoms with van der Waals surface area (Å²) in [5.41, 5.74) is 1.70. The second-order valence-electron chi connectivity index (χ2n) is 6.56. The molecule has 0 aliphatic carbocycles. The maximum atomic E-state index is 12.4. The van der Waals surface area contributed by atoms with Crippen LogP contribution in [0.2, 0.25) is 0 Å². The van der Waals surface area contributed by atoms with Crippen LogP contribution in [0, 0.1) is 0 Å². The molecule has 1 aliphatic heterocycles. The lowest BCUT2D eigenvalue weighted by Gasteiger charge is -2.27. The fraction of sp³-hybridized carbons (Fsp3) is 0.350. The minimum atomic E-state index is -0.554. The van der Waals surface area contributed by atoms with Crippen molar-refractivity contribution in [2.24, 2.45) is 0 Å². The molecular formula is C20H24N2O3. The standard InChI is InChI=1S/C20H24N2O3/c23-17-10-8-16(9-11-17)20(25)21-18-14-22(12-4-7-19(18)24)13-15-5-2-1-3-6-15/h1-3,5-6,8-11,18-19,23-24H,4,7,12-14H2,(H,21,25)/t18-,19-/m1/s1. The van der Waals surface area contributed by atoms with Crippen LogP contribution in [0.5, 0.6) is 5.75 Å². The Morgan fingerprint density at radius 2 is 1.84 bits per heavy atom. The molecule has 0 unspecified atom stereocenters. The molecule has 1 amide bonds. The Balaban J connectivity index is 1.65. The van der Waals surface area contributed by atoms with E-state index < -0.39 is 6.10 Å². The Morgan fingerprint density at radius 3 is 2.56 bits per heavy atom. The number of carbonyl (C=O) groups is 1. The fourth-order valence-corrected chi connectivity index (χ4v) is 3.21. The Hall–Kier alpha value is -2.37. The van der Waals surface area contributed by atoms with Gasteiger partial charge in [-0.05, 0) is 49.2 Å². The van der Waals surface area contributed by atoms with Gasteiger partial charge in [0.2, 0.25) is 0 Å². The van der Waals surface area contributed by atoms with Gasteiger partial charge in [-0.3, -0.25) is 9.69 Å². The molecule has 0 radical (unpaired) electrons. The van der Waals surface area contributed by atoms with E-state index in [1.54, 1.807) is 12.1 Å². The molecule has 5 heteroatoms. The molecule has 25 heavy (non-hydrogen) atoms. The number of aliphatic hydroxyl groups excluding tert-OH is 1. The van der Waals surface area contributed by atoms with E-state index in [1.807, 2.05) is 18.2 Å². The van der Waals surface area contributed by atoms with Crippen molar-refractivity contribution in [3.05, 3.63) is 65.7 Å². The van der Waals surface area contributed by atoms with E-state index in [-0.39, 0.29) is 17.7 Å². The largest absolute Gasteiger partial charge is 0.508 e. The van der Waals surface area contributed by atoms with E-state index >= 15 is 0 Å². The summed E-state index contributed by atoms with van der Waals surface area (Å²) in [6.45, 7) is 2.32. The van der Waals surface area contributed by atoms with Crippen LogP contribution in [-0.4, -0.2) is 46.3 Å². The number of nitrogens with one attached hydrogen (secondary N) is 1. The number of carbonyl (C=O) groups excluding carboxylic acids is 1. The third-order valence-corrected chi connectivity index (χ3v) is 4.59. The van der Waals surface area contributed by atoms with Gasteiger partial charge in [-0.25, -0.2) is 0 Å². The fourth-order valence-electron chi connectivity index (χ4n) is 3.21. The van der Waals surface area contributed by atoms with Gasteiger partial charge >= 0.3 is 0 Å². The molecule has 3 N–H and O–H groups in total. The summed E-state index contributed by atoms with van der Waals surface area (Å²) in [6.07, 6.45) is 1.02. The van der Waals surface area contributed by atoms with Crippen molar-refractivity contribution in [3.8, 4) is 5.75 Å². The summed E-state index contributed by atoms with van der Waals surface area (Å²) in [6, 6.07) is 16.0. The number of phenols is 1. The predicted octanol–water partition coefficient (Wildman–Crippen LogP) is 2.15. The van der Waals surface area contributed by atoms with Crippen molar-refractivity contribution < 1.29 is 15.0 Å². The van der Waals surface area contributed by atoms with Crippen molar-refractivity contribution >= 4 is 5.91 Å². The highest BCUT2D eigenvalue weighted by Crippen LogP contribution is 2.16. The Labute approximate surface area is 147 Å². The number of aromatic hydroxyl groups is 1.